The third-order valence-electron chi connectivity index (χ3n) is 1.38. The van der Waals surface area contributed by atoms with E-state index in [-0.39, 0.29) is 5.38 Å². The predicted octanol–water partition coefficient (Wildman–Crippen LogP) is 2.08. The molecule has 1 unspecified atom stereocenters. The molecule has 0 aliphatic carbocycles. The van der Waals surface area contributed by atoms with Gasteiger partial charge in [0.05, 0.1) is 5.38 Å². The fourth-order valence-corrected chi connectivity index (χ4v) is 1.01. The van der Waals surface area contributed by atoms with Gasteiger partial charge >= 0.3 is 0 Å². The summed E-state index contributed by atoms with van der Waals surface area (Å²) in [6.45, 7) is 3.84. The van der Waals surface area contributed by atoms with Gasteiger partial charge in [-0.3, -0.25) is 0 Å². The van der Waals surface area contributed by atoms with Gasteiger partial charge in [0.15, 0.2) is 0 Å². The number of aromatic nitrogens is 2. The van der Waals surface area contributed by atoms with Crippen molar-refractivity contribution in [1.29, 1.82) is 0 Å². The highest BCUT2D eigenvalue weighted by atomic mass is 35.5. The van der Waals surface area contributed by atoms with Crippen LogP contribution in [-0.4, -0.2) is 9.97 Å². The van der Waals surface area contributed by atoms with Gasteiger partial charge in [-0.05, 0) is 13.8 Å². The molecule has 0 bridgehead atoms. The van der Waals surface area contributed by atoms with Crippen molar-refractivity contribution >= 4 is 11.6 Å². The van der Waals surface area contributed by atoms with Gasteiger partial charge in [0.1, 0.15) is 6.33 Å². The lowest BCUT2D eigenvalue weighted by Crippen LogP contribution is -1.93. The molecule has 1 atom stereocenters. The number of hydrogen-bond acceptors (Lipinski definition) is 2. The average Bonchev–Trinajstić information content (AvgIpc) is 1.88. The molecule has 0 aromatic carbocycles. The summed E-state index contributed by atoms with van der Waals surface area (Å²) in [5.41, 5.74) is 1.96. The molecule has 0 amide bonds. The quantitative estimate of drug-likeness (QED) is 0.582. The molecule has 0 fully saturated rings. The van der Waals surface area contributed by atoms with Crippen molar-refractivity contribution in [2.75, 3.05) is 0 Å². The molecule has 1 heterocycles. The predicted molar refractivity (Wildman–Crippen MR) is 41.0 cm³/mol. The van der Waals surface area contributed by atoms with Crippen molar-refractivity contribution in [2.45, 2.75) is 19.2 Å². The van der Waals surface area contributed by atoms with E-state index in [0.717, 1.165) is 11.3 Å². The molecule has 54 valence electrons. The molecule has 0 aliphatic heterocycles. The summed E-state index contributed by atoms with van der Waals surface area (Å²) in [5, 5.41) is 0.00111. The van der Waals surface area contributed by atoms with Crippen molar-refractivity contribution in [3.05, 3.63) is 23.8 Å². The summed E-state index contributed by atoms with van der Waals surface area (Å²) < 4.78 is 0. The van der Waals surface area contributed by atoms with E-state index in [1.165, 1.54) is 6.33 Å². The molecule has 10 heavy (non-hydrogen) atoms. The first-order chi connectivity index (χ1) is 4.72. The van der Waals surface area contributed by atoms with Crippen LogP contribution in [0.4, 0.5) is 0 Å². The summed E-state index contributed by atoms with van der Waals surface area (Å²) >= 11 is 5.83. The first-order valence-electron chi connectivity index (χ1n) is 3.12. The summed E-state index contributed by atoms with van der Waals surface area (Å²) in [6, 6.07) is 0. The number of nitrogens with zero attached hydrogens (tertiary/aromatic N) is 2. The van der Waals surface area contributed by atoms with Crippen LogP contribution >= 0.6 is 11.6 Å². The second-order valence-electron chi connectivity index (χ2n) is 2.18. The first kappa shape index (κ1) is 7.48. The van der Waals surface area contributed by atoms with Crippen LogP contribution in [0.25, 0.3) is 0 Å². The van der Waals surface area contributed by atoms with E-state index in [1.807, 2.05) is 13.8 Å². The van der Waals surface area contributed by atoms with Gasteiger partial charge in [-0.25, -0.2) is 9.97 Å². The lowest BCUT2D eigenvalue weighted by atomic mass is 10.2. The summed E-state index contributed by atoms with van der Waals surface area (Å²) in [6.07, 6.45) is 3.28. The molecular formula is C7H9ClN2. The minimum atomic E-state index is 0.00111. The van der Waals surface area contributed by atoms with Crippen LogP contribution < -0.4 is 0 Å². The van der Waals surface area contributed by atoms with E-state index >= 15 is 0 Å². The average molecular weight is 157 g/mol. The van der Waals surface area contributed by atoms with Crippen LogP contribution in [0.15, 0.2) is 12.5 Å². The van der Waals surface area contributed by atoms with E-state index in [4.69, 9.17) is 11.6 Å². The standard InChI is InChI=1S/C7H9ClN2/c1-5(8)7-3-9-4-10-6(7)2/h3-5H,1-2H3. The Morgan fingerprint density at radius 1 is 1.60 bits per heavy atom. The van der Waals surface area contributed by atoms with Crippen LogP contribution in [-0.2, 0) is 0 Å². The van der Waals surface area contributed by atoms with Gasteiger partial charge in [-0.1, -0.05) is 0 Å². The zero-order valence-corrected chi connectivity index (χ0v) is 6.76. The monoisotopic (exact) mass is 156 g/mol. The van der Waals surface area contributed by atoms with Crippen molar-refractivity contribution < 1.29 is 0 Å². The van der Waals surface area contributed by atoms with E-state index in [2.05, 4.69) is 9.97 Å². The van der Waals surface area contributed by atoms with E-state index in [1.54, 1.807) is 6.20 Å². The molecule has 1 aromatic heterocycles. The molecule has 0 spiro atoms. The molecule has 0 aliphatic rings. The van der Waals surface area contributed by atoms with Gasteiger partial charge in [0.2, 0.25) is 0 Å². The van der Waals surface area contributed by atoms with Crippen molar-refractivity contribution in [2.24, 2.45) is 0 Å². The summed E-state index contributed by atoms with van der Waals surface area (Å²) in [7, 11) is 0. The molecule has 0 N–H and O–H groups in total. The van der Waals surface area contributed by atoms with E-state index < -0.39 is 0 Å². The van der Waals surface area contributed by atoms with Crippen LogP contribution in [0.1, 0.15) is 23.6 Å². The molecule has 0 saturated carbocycles. The Balaban J connectivity index is 3.03. The molecule has 2 nitrogen and oxygen atoms in total. The Labute approximate surface area is 65.3 Å². The minimum Gasteiger partial charge on any atom is -0.244 e. The van der Waals surface area contributed by atoms with Crippen molar-refractivity contribution in [3.8, 4) is 0 Å². The number of aryl methyl sites for hydroxylation is 1. The largest absolute Gasteiger partial charge is 0.244 e. The second kappa shape index (κ2) is 2.97. The topological polar surface area (TPSA) is 25.8 Å². The zero-order valence-electron chi connectivity index (χ0n) is 6.00. The molecule has 3 heteroatoms. The Hall–Kier alpha value is -0.630. The number of rotatable bonds is 1. The number of alkyl halides is 1. The highest BCUT2D eigenvalue weighted by Gasteiger charge is 2.03. The van der Waals surface area contributed by atoms with Crippen LogP contribution in [0, 0.1) is 6.92 Å². The molecule has 0 radical (unpaired) electrons. The molecule has 0 saturated heterocycles. The molecule has 1 rings (SSSR count). The number of halogens is 1. The number of hydrogen-bond donors (Lipinski definition) is 0. The Morgan fingerprint density at radius 3 is 2.70 bits per heavy atom. The smallest absolute Gasteiger partial charge is 0.115 e. The highest BCUT2D eigenvalue weighted by molar-refractivity contribution is 6.20. The Kier molecular flexibility index (Phi) is 2.22. The fourth-order valence-electron chi connectivity index (χ4n) is 0.792. The maximum absolute atomic E-state index is 5.83. The Bertz CT molecular complexity index is 223. The lowest BCUT2D eigenvalue weighted by Gasteiger charge is -2.03. The maximum atomic E-state index is 5.83. The SMILES string of the molecule is Cc1ncncc1C(C)Cl. The lowest BCUT2D eigenvalue weighted by molar-refractivity contribution is 0.970. The van der Waals surface area contributed by atoms with Crippen molar-refractivity contribution in [3.63, 3.8) is 0 Å². The van der Waals surface area contributed by atoms with Gasteiger partial charge < -0.3 is 0 Å². The van der Waals surface area contributed by atoms with Gasteiger partial charge in [0.25, 0.3) is 0 Å². The van der Waals surface area contributed by atoms with Gasteiger partial charge in [-0.15, -0.1) is 11.6 Å². The van der Waals surface area contributed by atoms with Crippen molar-refractivity contribution in [1.82, 2.24) is 9.97 Å². The Morgan fingerprint density at radius 2 is 2.30 bits per heavy atom. The van der Waals surface area contributed by atoms with Crippen LogP contribution in [0.3, 0.4) is 0 Å². The molecular weight excluding hydrogens is 148 g/mol. The van der Waals surface area contributed by atoms with Gasteiger partial charge in [-0.2, -0.15) is 0 Å². The zero-order chi connectivity index (χ0) is 7.56. The van der Waals surface area contributed by atoms with Crippen LogP contribution in [0.2, 0.25) is 0 Å². The van der Waals surface area contributed by atoms with Crippen LogP contribution in [0.5, 0.6) is 0 Å². The van der Waals surface area contributed by atoms with Gasteiger partial charge in [0, 0.05) is 17.5 Å². The van der Waals surface area contributed by atoms with E-state index in [0.29, 0.717) is 0 Å². The van der Waals surface area contributed by atoms with E-state index in [9.17, 15) is 0 Å². The normalized spacial score (nSPS) is 13.1. The minimum absolute atomic E-state index is 0.00111. The fraction of sp³-hybridized carbons (Fsp3) is 0.429. The highest BCUT2D eigenvalue weighted by Crippen LogP contribution is 2.19. The second-order valence-corrected chi connectivity index (χ2v) is 2.83. The summed E-state index contributed by atoms with van der Waals surface area (Å²) in [5.74, 6) is 0. The third-order valence-corrected chi connectivity index (χ3v) is 1.61. The first-order valence-corrected chi connectivity index (χ1v) is 3.56. The summed E-state index contributed by atoms with van der Waals surface area (Å²) in [4.78, 5) is 7.88. The third kappa shape index (κ3) is 1.45. The molecule has 1 aromatic rings. The maximum Gasteiger partial charge on any atom is 0.115 e.